The van der Waals surface area contributed by atoms with Gasteiger partial charge in [0, 0.05) is 40.4 Å². The average molecular weight is 730 g/mol. The Kier molecular flexibility index (Phi) is 11.2. The highest BCUT2D eigenvalue weighted by molar-refractivity contribution is 7.92. The first-order chi connectivity index (χ1) is 23.6. The summed E-state index contributed by atoms with van der Waals surface area (Å²) in [6.45, 7) is 9.54. The van der Waals surface area contributed by atoms with Crippen LogP contribution in [-0.2, 0) is 32.5 Å². The highest BCUT2D eigenvalue weighted by Gasteiger charge is 2.35. The largest absolute Gasteiger partial charge is 0.465 e. The molecular formula is C34H41F2N5O7SSi. The number of sulfone groups is 1. The lowest BCUT2D eigenvalue weighted by atomic mass is 10.0. The van der Waals surface area contributed by atoms with E-state index >= 15 is 8.78 Å². The number of carbonyl (C=O) groups is 2. The van der Waals surface area contributed by atoms with Gasteiger partial charge in [-0.3, -0.25) is 4.79 Å². The number of aryl methyl sites for hydroxylation is 1. The summed E-state index contributed by atoms with van der Waals surface area (Å²) in [6, 6.07) is 9.60. The first kappa shape index (κ1) is 36.9. The summed E-state index contributed by atoms with van der Waals surface area (Å²) in [5, 5.41) is 11.4. The van der Waals surface area contributed by atoms with Gasteiger partial charge in [0.05, 0.1) is 15.5 Å². The van der Waals surface area contributed by atoms with E-state index in [2.05, 4.69) is 34.9 Å². The van der Waals surface area contributed by atoms with Gasteiger partial charge in [-0.2, -0.15) is 0 Å². The first-order valence-electron chi connectivity index (χ1n) is 16.2. The number of rotatable bonds is 13. The number of amides is 2. The smallest absolute Gasteiger partial charge is 0.405 e. The number of carbonyl (C=O) groups excluding carboxylic acids is 1. The number of nitrogens with one attached hydrogen (secondary N) is 1. The highest BCUT2D eigenvalue weighted by atomic mass is 32.2. The fraction of sp³-hybridized carbons (Fsp3) is 0.412. The molecule has 0 radical (unpaired) electrons. The Morgan fingerprint density at radius 3 is 2.36 bits per heavy atom. The van der Waals surface area contributed by atoms with Crippen molar-refractivity contribution >= 4 is 40.9 Å². The zero-order valence-corrected chi connectivity index (χ0v) is 30.2. The maximum Gasteiger partial charge on any atom is 0.405 e. The first-order valence-corrected chi connectivity index (χ1v) is 21.5. The lowest BCUT2D eigenvalue weighted by Gasteiger charge is -2.34. The van der Waals surface area contributed by atoms with Crippen molar-refractivity contribution in [3.63, 3.8) is 0 Å². The van der Waals surface area contributed by atoms with Gasteiger partial charge < -0.3 is 29.4 Å². The third kappa shape index (κ3) is 8.65. The van der Waals surface area contributed by atoms with E-state index in [0.29, 0.717) is 23.2 Å². The normalized spacial score (nSPS) is 14.9. The van der Waals surface area contributed by atoms with Crippen molar-refractivity contribution in [3.8, 4) is 11.6 Å². The minimum absolute atomic E-state index is 0.00614. The molecular weight excluding hydrogens is 689 g/mol. The molecule has 2 aromatic heterocycles. The van der Waals surface area contributed by atoms with Crippen LogP contribution in [0.5, 0.6) is 11.6 Å². The number of benzene rings is 2. The van der Waals surface area contributed by atoms with Crippen LogP contribution in [0.1, 0.15) is 24.0 Å². The van der Waals surface area contributed by atoms with E-state index in [9.17, 15) is 23.1 Å². The Balaban J connectivity index is 1.28. The van der Waals surface area contributed by atoms with Gasteiger partial charge in [0.2, 0.25) is 17.5 Å². The third-order valence-electron chi connectivity index (χ3n) is 8.59. The molecule has 5 rings (SSSR count). The minimum Gasteiger partial charge on any atom is -0.465 e. The van der Waals surface area contributed by atoms with Gasteiger partial charge in [-0.05, 0) is 61.2 Å². The molecule has 0 spiro atoms. The number of ether oxygens (including phenoxy) is 2. The van der Waals surface area contributed by atoms with Crippen LogP contribution < -0.4 is 10.1 Å². The van der Waals surface area contributed by atoms with E-state index in [1.165, 1.54) is 23.4 Å². The lowest BCUT2D eigenvalue weighted by Crippen LogP contribution is -2.52. The molecule has 2 N–H and O–H groups in total. The second-order valence-electron chi connectivity index (χ2n) is 13.6. The van der Waals surface area contributed by atoms with E-state index in [4.69, 9.17) is 9.47 Å². The summed E-state index contributed by atoms with van der Waals surface area (Å²) in [6.07, 6.45) is 1.48. The average Bonchev–Trinajstić information content (AvgIpc) is 3.39. The summed E-state index contributed by atoms with van der Waals surface area (Å²) < 4.78 is 70.3. The fourth-order valence-corrected chi connectivity index (χ4v) is 8.43. The Morgan fingerprint density at radius 1 is 1.08 bits per heavy atom. The summed E-state index contributed by atoms with van der Waals surface area (Å²) in [5.41, 5.74) is 1.19. The quantitative estimate of drug-likeness (QED) is 0.129. The molecule has 1 aliphatic heterocycles. The van der Waals surface area contributed by atoms with Crippen LogP contribution in [0.3, 0.4) is 0 Å². The number of halogens is 2. The predicted octanol–water partition coefficient (Wildman–Crippen LogP) is 5.77. The molecule has 2 amide bonds. The van der Waals surface area contributed by atoms with Crippen molar-refractivity contribution in [2.45, 2.75) is 74.8 Å². The van der Waals surface area contributed by atoms with Crippen LogP contribution in [0, 0.1) is 18.6 Å². The lowest BCUT2D eigenvalue weighted by molar-refractivity contribution is -0.134. The standard InChI is InChI=1S/C34H41F2N5O7SSi/c1-22-19-41(21-47-14-15-50(2,3)4)31-29(22)32(38-20-37-31)48-30-26(35)16-23(17-27(30)36)18-28(39-34(43)44)33(42)40-12-10-25(11-13-40)49(45,46)24-8-6-5-7-9-24/h5-9,16-17,19-20,25,28,39H,10-15,18,21H2,1-4H3,(H,43,44). The molecule has 1 saturated heterocycles. The van der Waals surface area contributed by atoms with Crippen molar-refractivity contribution in [2.75, 3.05) is 19.7 Å². The van der Waals surface area contributed by atoms with Crippen LogP contribution >= 0.6 is 0 Å². The van der Waals surface area contributed by atoms with Crippen molar-refractivity contribution in [1.29, 1.82) is 0 Å². The van der Waals surface area contributed by atoms with Gasteiger partial charge in [0.25, 0.3) is 0 Å². The third-order valence-corrected chi connectivity index (χ3v) is 12.6. The van der Waals surface area contributed by atoms with E-state index in [-0.39, 0.29) is 55.4 Å². The molecule has 2 aromatic carbocycles. The second-order valence-corrected chi connectivity index (χ2v) is 21.4. The predicted molar refractivity (Wildman–Crippen MR) is 185 cm³/mol. The molecule has 4 aromatic rings. The number of fused-ring (bicyclic) bond motifs is 1. The van der Waals surface area contributed by atoms with Gasteiger partial charge in [0.15, 0.2) is 21.5 Å². The number of piperidine rings is 1. The number of hydrogen-bond acceptors (Lipinski definition) is 8. The molecule has 1 fully saturated rings. The van der Waals surface area contributed by atoms with Crippen LogP contribution in [0.4, 0.5) is 13.6 Å². The SMILES string of the molecule is Cc1cn(COCC[Si](C)(C)C)c2ncnc(Oc3c(F)cc(CC(NC(=O)O)C(=O)N4CCC(S(=O)(=O)c5ccccc5)CC4)cc3F)c12. The van der Waals surface area contributed by atoms with E-state index in [1.807, 2.05) is 0 Å². The molecule has 12 nitrogen and oxygen atoms in total. The van der Waals surface area contributed by atoms with Crippen LogP contribution in [0.2, 0.25) is 25.7 Å². The number of carboxylic acid groups (broad SMARTS) is 1. The molecule has 1 aliphatic rings. The molecule has 1 unspecified atom stereocenters. The van der Waals surface area contributed by atoms with E-state index < -0.39 is 58.6 Å². The van der Waals surface area contributed by atoms with Gasteiger partial charge >= 0.3 is 6.09 Å². The van der Waals surface area contributed by atoms with Gasteiger partial charge in [-0.15, -0.1) is 0 Å². The van der Waals surface area contributed by atoms with Gasteiger partial charge in [-0.1, -0.05) is 37.8 Å². The van der Waals surface area contributed by atoms with Crippen molar-refractivity contribution < 1.29 is 41.4 Å². The topological polar surface area (TPSA) is 153 Å². The Labute approximate surface area is 290 Å². The molecule has 50 heavy (non-hydrogen) atoms. The van der Waals surface area contributed by atoms with Crippen molar-refractivity contribution in [3.05, 3.63) is 77.8 Å². The van der Waals surface area contributed by atoms with Crippen LogP contribution in [0.15, 0.2) is 59.9 Å². The van der Waals surface area contributed by atoms with Crippen LogP contribution in [-0.4, -0.2) is 84.0 Å². The van der Waals surface area contributed by atoms with E-state index in [1.54, 1.807) is 35.9 Å². The Bertz CT molecular complexity index is 1940. The Hall–Kier alpha value is -4.41. The number of hydrogen-bond donors (Lipinski definition) is 2. The summed E-state index contributed by atoms with van der Waals surface area (Å²) in [7, 11) is -4.89. The summed E-state index contributed by atoms with van der Waals surface area (Å²) >= 11 is 0. The number of likely N-dealkylation sites (tertiary alicyclic amines) is 1. The van der Waals surface area contributed by atoms with Gasteiger partial charge in [0.1, 0.15) is 24.7 Å². The molecule has 0 aliphatic carbocycles. The van der Waals surface area contributed by atoms with Crippen molar-refractivity contribution in [1.82, 2.24) is 24.8 Å². The number of aromatic nitrogens is 3. The zero-order chi connectivity index (χ0) is 36.2. The molecule has 3 heterocycles. The Morgan fingerprint density at radius 2 is 1.74 bits per heavy atom. The summed E-state index contributed by atoms with van der Waals surface area (Å²) in [4.78, 5) is 35.1. The second kappa shape index (κ2) is 15.2. The molecule has 0 bridgehead atoms. The highest BCUT2D eigenvalue weighted by Crippen LogP contribution is 2.34. The summed E-state index contributed by atoms with van der Waals surface area (Å²) in [5.74, 6) is -3.56. The molecule has 0 saturated carbocycles. The minimum atomic E-state index is -3.61. The zero-order valence-electron chi connectivity index (χ0n) is 28.4. The number of nitrogens with zero attached hydrogens (tertiary/aromatic N) is 4. The maximum atomic E-state index is 15.4. The molecule has 1 atom stereocenters. The van der Waals surface area contributed by atoms with E-state index in [0.717, 1.165) is 18.2 Å². The fourth-order valence-electron chi connectivity index (χ4n) is 5.92. The van der Waals surface area contributed by atoms with Crippen molar-refractivity contribution in [2.24, 2.45) is 0 Å². The molecule has 16 heteroatoms. The van der Waals surface area contributed by atoms with Crippen LogP contribution in [0.25, 0.3) is 11.0 Å². The van der Waals surface area contributed by atoms with Gasteiger partial charge in [-0.25, -0.2) is 32.0 Å². The monoisotopic (exact) mass is 729 g/mol. The molecule has 268 valence electrons. The maximum absolute atomic E-state index is 15.4.